The zero-order valence-electron chi connectivity index (χ0n) is 14.4. The molecule has 144 valence electrons. The van der Waals surface area contributed by atoms with Gasteiger partial charge in [0.1, 0.15) is 0 Å². The van der Waals surface area contributed by atoms with E-state index in [2.05, 4.69) is 10.1 Å². The highest BCUT2D eigenvalue weighted by atomic mass is 19.4. The fraction of sp³-hybridized carbons (Fsp3) is 0.111. The topological polar surface area (TPSA) is 93.3 Å². The predicted molar refractivity (Wildman–Crippen MR) is 96.5 cm³/mol. The number of hydrogen-bond acceptors (Lipinski definition) is 4. The van der Waals surface area contributed by atoms with Gasteiger partial charge in [0, 0.05) is 12.3 Å². The molecular weight excluding hydrogens is 377 g/mol. The second-order valence-corrected chi connectivity index (χ2v) is 5.81. The second-order valence-electron chi connectivity index (χ2n) is 5.81. The lowest BCUT2D eigenvalue weighted by molar-refractivity contribution is -0.385. The molecule has 1 N–H and O–H groups in total. The minimum Gasteiger partial charge on any atom is -0.293 e. The number of halogens is 3. The number of aryl methyl sites for hydroxylation is 1. The average Bonchev–Trinajstić information content (AvgIpc) is 2.93. The summed E-state index contributed by atoms with van der Waals surface area (Å²) in [6.45, 7) is 1.53. The van der Waals surface area contributed by atoms with Crippen molar-refractivity contribution in [3.8, 4) is 5.69 Å². The standard InChI is InChI=1S/C18H13F3N4O3/c1-11-16(17(26)24(23-11)12-6-3-2-4-7-12)22-10-13-14(18(19,20)21)8-5-9-15(13)25(27)28/h2-10,23H,1H3. The monoisotopic (exact) mass is 390 g/mol. The molecular formula is C18H13F3N4O3. The van der Waals surface area contributed by atoms with E-state index in [1.165, 1.54) is 11.6 Å². The van der Waals surface area contributed by atoms with E-state index in [1.807, 2.05) is 0 Å². The fourth-order valence-electron chi connectivity index (χ4n) is 2.67. The first-order valence-electron chi connectivity index (χ1n) is 7.96. The molecule has 1 heterocycles. The van der Waals surface area contributed by atoms with E-state index >= 15 is 0 Å². The maximum absolute atomic E-state index is 13.2. The van der Waals surface area contributed by atoms with Crippen molar-refractivity contribution in [3.05, 3.63) is 85.8 Å². The van der Waals surface area contributed by atoms with E-state index in [9.17, 15) is 28.1 Å². The maximum Gasteiger partial charge on any atom is 0.417 e. The number of alkyl halides is 3. The van der Waals surface area contributed by atoms with Crippen molar-refractivity contribution in [2.24, 2.45) is 4.99 Å². The van der Waals surface area contributed by atoms with Crippen molar-refractivity contribution in [2.75, 3.05) is 0 Å². The highest BCUT2D eigenvalue weighted by Crippen LogP contribution is 2.35. The lowest BCUT2D eigenvalue weighted by Crippen LogP contribution is -2.14. The SMILES string of the molecule is Cc1[nH]n(-c2ccccc2)c(=O)c1N=Cc1c([N+](=O)[O-])cccc1C(F)(F)F. The van der Waals surface area contributed by atoms with Gasteiger partial charge in [-0.1, -0.05) is 24.3 Å². The third kappa shape index (κ3) is 3.56. The van der Waals surface area contributed by atoms with Gasteiger partial charge >= 0.3 is 6.18 Å². The largest absolute Gasteiger partial charge is 0.417 e. The molecule has 0 fully saturated rings. The number of rotatable bonds is 4. The van der Waals surface area contributed by atoms with E-state index in [1.54, 1.807) is 30.3 Å². The summed E-state index contributed by atoms with van der Waals surface area (Å²) in [6, 6.07) is 11.1. The molecule has 0 bridgehead atoms. The van der Waals surface area contributed by atoms with Gasteiger partial charge in [-0.25, -0.2) is 9.67 Å². The molecule has 0 aliphatic carbocycles. The Hall–Kier alpha value is -3.69. The normalized spacial score (nSPS) is 11.9. The van der Waals surface area contributed by atoms with Crippen LogP contribution < -0.4 is 5.56 Å². The van der Waals surface area contributed by atoms with Crippen LogP contribution in [0.2, 0.25) is 0 Å². The van der Waals surface area contributed by atoms with Crippen molar-refractivity contribution < 1.29 is 18.1 Å². The second kappa shape index (κ2) is 7.14. The molecule has 0 saturated heterocycles. The van der Waals surface area contributed by atoms with Crippen LogP contribution in [0.4, 0.5) is 24.5 Å². The van der Waals surface area contributed by atoms with E-state index in [0.717, 1.165) is 18.2 Å². The summed E-state index contributed by atoms with van der Waals surface area (Å²) < 4.78 is 40.9. The van der Waals surface area contributed by atoms with E-state index < -0.39 is 33.5 Å². The molecule has 1 aromatic heterocycles. The van der Waals surface area contributed by atoms with Gasteiger partial charge < -0.3 is 0 Å². The van der Waals surface area contributed by atoms with Crippen LogP contribution in [0.25, 0.3) is 5.69 Å². The zero-order valence-corrected chi connectivity index (χ0v) is 14.4. The molecule has 10 heteroatoms. The summed E-state index contributed by atoms with van der Waals surface area (Å²) >= 11 is 0. The average molecular weight is 390 g/mol. The Bertz CT molecular complexity index is 1120. The molecule has 3 rings (SSSR count). The first-order chi connectivity index (χ1) is 13.2. The Balaban J connectivity index is 2.13. The number of nitro benzene ring substituents is 1. The van der Waals surface area contributed by atoms with Gasteiger partial charge in [-0.2, -0.15) is 13.2 Å². The highest BCUT2D eigenvalue weighted by Gasteiger charge is 2.36. The van der Waals surface area contributed by atoms with Crippen LogP contribution >= 0.6 is 0 Å². The predicted octanol–water partition coefficient (Wildman–Crippen LogP) is 4.15. The van der Waals surface area contributed by atoms with Crippen LogP contribution in [0.3, 0.4) is 0 Å². The Labute approximate surface area is 155 Å². The Kier molecular flexibility index (Phi) is 4.87. The maximum atomic E-state index is 13.2. The van der Waals surface area contributed by atoms with Gasteiger partial charge in [-0.05, 0) is 25.1 Å². The molecule has 0 saturated carbocycles. The number of benzene rings is 2. The Morgan fingerprint density at radius 2 is 1.82 bits per heavy atom. The molecule has 0 unspecified atom stereocenters. The van der Waals surface area contributed by atoms with Crippen LogP contribution in [-0.4, -0.2) is 20.9 Å². The number of aliphatic imine (C=N–C) groups is 1. The van der Waals surface area contributed by atoms with Crippen LogP contribution in [0, 0.1) is 17.0 Å². The molecule has 28 heavy (non-hydrogen) atoms. The quantitative estimate of drug-likeness (QED) is 0.412. The van der Waals surface area contributed by atoms with Gasteiger partial charge in [0.05, 0.1) is 27.4 Å². The number of para-hydroxylation sites is 1. The van der Waals surface area contributed by atoms with Crippen LogP contribution in [0.15, 0.2) is 58.3 Å². The lowest BCUT2D eigenvalue weighted by Gasteiger charge is -2.09. The van der Waals surface area contributed by atoms with Crippen molar-refractivity contribution in [3.63, 3.8) is 0 Å². The molecule has 0 aliphatic rings. The highest BCUT2D eigenvalue weighted by molar-refractivity contribution is 5.89. The molecule has 0 atom stereocenters. The van der Waals surface area contributed by atoms with Gasteiger partial charge in [0.15, 0.2) is 5.69 Å². The van der Waals surface area contributed by atoms with Crippen molar-refractivity contribution in [2.45, 2.75) is 13.1 Å². The van der Waals surface area contributed by atoms with Crippen LogP contribution in [0.5, 0.6) is 0 Å². The van der Waals surface area contributed by atoms with Crippen molar-refractivity contribution in [1.82, 2.24) is 9.78 Å². The zero-order chi connectivity index (χ0) is 20.5. The summed E-state index contributed by atoms with van der Waals surface area (Å²) in [6.07, 6.45) is -4.11. The van der Waals surface area contributed by atoms with Crippen molar-refractivity contribution in [1.29, 1.82) is 0 Å². The van der Waals surface area contributed by atoms with Crippen LogP contribution in [0.1, 0.15) is 16.8 Å². The molecule has 0 radical (unpaired) electrons. The Morgan fingerprint density at radius 3 is 2.43 bits per heavy atom. The third-order valence-electron chi connectivity index (χ3n) is 3.96. The first-order valence-corrected chi connectivity index (χ1v) is 7.96. The van der Waals surface area contributed by atoms with Crippen molar-refractivity contribution >= 4 is 17.6 Å². The number of aromatic nitrogens is 2. The minimum absolute atomic E-state index is 0.143. The first kappa shape index (κ1) is 19.1. The van der Waals surface area contributed by atoms with Gasteiger partial charge in [-0.3, -0.25) is 20.0 Å². The Morgan fingerprint density at radius 1 is 1.14 bits per heavy atom. The van der Waals surface area contributed by atoms with E-state index in [-0.39, 0.29) is 5.69 Å². The van der Waals surface area contributed by atoms with Gasteiger partial charge in [-0.15, -0.1) is 0 Å². The molecule has 7 nitrogen and oxygen atoms in total. The summed E-state index contributed by atoms with van der Waals surface area (Å²) in [5.74, 6) is 0. The lowest BCUT2D eigenvalue weighted by atomic mass is 10.1. The minimum atomic E-state index is -4.81. The number of nitro groups is 1. The van der Waals surface area contributed by atoms with E-state index in [4.69, 9.17) is 0 Å². The van der Waals surface area contributed by atoms with Gasteiger partial charge in [0.2, 0.25) is 0 Å². The summed E-state index contributed by atoms with van der Waals surface area (Å²) in [4.78, 5) is 26.6. The molecule has 0 spiro atoms. The third-order valence-corrected chi connectivity index (χ3v) is 3.96. The smallest absolute Gasteiger partial charge is 0.293 e. The number of nitrogens with zero attached hydrogens (tertiary/aromatic N) is 3. The number of nitrogens with one attached hydrogen (secondary N) is 1. The van der Waals surface area contributed by atoms with Crippen LogP contribution in [-0.2, 0) is 6.18 Å². The number of hydrogen-bond donors (Lipinski definition) is 1. The molecule has 2 aromatic carbocycles. The van der Waals surface area contributed by atoms with E-state index in [0.29, 0.717) is 17.6 Å². The number of aromatic amines is 1. The number of H-pyrrole nitrogens is 1. The molecule has 3 aromatic rings. The van der Waals surface area contributed by atoms with Gasteiger partial charge in [0.25, 0.3) is 11.2 Å². The fourth-order valence-corrected chi connectivity index (χ4v) is 2.67. The summed E-state index contributed by atoms with van der Waals surface area (Å²) in [5.41, 5.74) is -2.60. The molecule has 0 aliphatic heterocycles. The molecule has 0 amide bonds. The summed E-state index contributed by atoms with van der Waals surface area (Å²) in [7, 11) is 0. The summed E-state index contributed by atoms with van der Waals surface area (Å²) in [5, 5.41) is 13.9.